The molecule has 1 aliphatic rings. The van der Waals surface area contributed by atoms with Crippen molar-refractivity contribution in [2.45, 2.75) is 33.6 Å². The van der Waals surface area contributed by atoms with Gasteiger partial charge in [-0.3, -0.25) is 9.59 Å². The van der Waals surface area contributed by atoms with Crippen LogP contribution in [-0.4, -0.2) is 33.2 Å². The molecule has 0 bridgehead atoms. The van der Waals surface area contributed by atoms with E-state index in [1.54, 1.807) is 0 Å². The zero-order valence-corrected chi connectivity index (χ0v) is 11.8. The lowest BCUT2D eigenvalue weighted by Gasteiger charge is -2.23. The third-order valence-corrected chi connectivity index (χ3v) is 2.67. The summed E-state index contributed by atoms with van der Waals surface area (Å²) in [5.41, 5.74) is -0.949. The van der Waals surface area contributed by atoms with Gasteiger partial charge in [0.15, 0.2) is 0 Å². The van der Waals surface area contributed by atoms with Gasteiger partial charge in [0.1, 0.15) is 0 Å². The van der Waals surface area contributed by atoms with E-state index in [0.717, 1.165) is 0 Å². The summed E-state index contributed by atoms with van der Waals surface area (Å²) in [5.74, 6) is -2.50. The van der Waals surface area contributed by atoms with Crippen LogP contribution in [0.2, 0.25) is 0 Å². The van der Waals surface area contributed by atoms with E-state index in [0.29, 0.717) is 0 Å². The quantitative estimate of drug-likeness (QED) is 0.729. The highest BCUT2D eigenvalue weighted by molar-refractivity contribution is 5.90. The Hall–Kier alpha value is -2.11. The lowest BCUT2D eigenvalue weighted by Crippen LogP contribution is -2.28. The van der Waals surface area contributed by atoms with E-state index < -0.39 is 23.3 Å². The minimum absolute atomic E-state index is 0.0359. The minimum Gasteiger partial charge on any atom is -0.481 e. The largest absolute Gasteiger partial charge is 0.481 e. The van der Waals surface area contributed by atoms with Crippen molar-refractivity contribution in [1.82, 2.24) is 0 Å². The van der Waals surface area contributed by atoms with E-state index in [1.807, 2.05) is 13.8 Å². The molecule has 0 amide bonds. The second-order valence-corrected chi connectivity index (χ2v) is 5.25. The van der Waals surface area contributed by atoms with Crippen molar-refractivity contribution in [3.05, 3.63) is 23.8 Å². The maximum absolute atomic E-state index is 10.8. The highest BCUT2D eigenvalue weighted by atomic mass is 16.4. The fraction of sp³-hybridized carbons (Fsp3) is 0.500. The van der Waals surface area contributed by atoms with Crippen LogP contribution in [0.25, 0.3) is 0 Å². The van der Waals surface area contributed by atoms with Crippen LogP contribution < -0.4 is 0 Å². The molecule has 20 heavy (non-hydrogen) atoms. The van der Waals surface area contributed by atoms with E-state index in [4.69, 9.17) is 15.3 Å². The number of hydrogen-bond acceptors (Lipinski definition) is 3. The molecule has 0 aromatic carbocycles. The summed E-state index contributed by atoms with van der Waals surface area (Å²) in [6, 6.07) is 0. The number of aliphatic carboxylic acids is 3. The number of carboxylic acid groups (broad SMARTS) is 3. The van der Waals surface area contributed by atoms with Gasteiger partial charge in [-0.15, -0.1) is 0 Å². The lowest BCUT2D eigenvalue weighted by atomic mass is 9.80. The first-order valence-electron chi connectivity index (χ1n) is 6.15. The molecule has 1 rings (SSSR count). The zero-order chi connectivity index (χ0) is 15.9. The van der Waals surface area contributed by atoms with Crippen LogP contribution in [-0.2, 0) is 14.4 Å². The van der Waals surface area contributed by atoms with Crippen LogP contribution in [0.15, 0.2) is 23.8 Å². The molecule has 0 saturated carbocycles. The van der Waals surface area contributed by atoms with Crippen molar-refractivity contribution < 1.29 is 29.7 Å². The van der Waals surface area contributed by atoms with Gasteiger partial charge >= 0.3 is 17.9 Å². The molecule has 6 heteroatoms. The smallest absolute Gasteiger partial charge is 0.331 e. The van der Waals surface area contributed by atoms with Crippen LogP contribution in [0.4, 0.5) is 0 Å². The minimum atomic E-state index is -1.08. The van der Waals surface area contributed by atoms with Crippen molar-refractivity contribution in [3.63, 3.8) is 0 Å². The first-order chi connectivity index (χ1) is 9.08. The van der Waals surface area contributed by atoms with E-state index in [2.05, 4.69) is 0 Å². The Kier molecular flexibility index (Phi) is 6.68. The summed E-state index contributed by atoms with van der Waals surface area (Å²) < 4.78 is 0. The van der Waals surface area contributed by atoms with Gasteiger partial charge in [0.2, 0.25) is 0 Å². The number of carboxylic acids is 3. The maximum Gasteiger partial charge on any atom is 0.331 e. The van der Waals surface area contributed by atoms with Crippen LogP contribution in [0.1, 0.15) is 33.6 Å². The molecule has 1 atom stereocenters. The van der Waals surface area contributed by atoms with Crippen molar-refractivity contribution >= 4 is 17.9 Å². The van der Waals surface area contributed by atoms with Crippen molar-refractivity contribution in [1.29, 1.82) is 0 Å². The highest BCUT2D eigenvalue weighted by Gasteiger charge is 2.34. The Bertz CT molecular complexity index is 447. The predicted molar refractivity (Wildman–Crippen MR) is 72.3 cm³/mol. The molecular formula is C14H20O6. The monoisotopic (exact) mass is 284 g/mol. The van der Waals surface area contributed by atoms with Gasteiger partial charge in [-0.1, -0.05) is 32.1 Å². The Morgan fingerprint density at radius 2 is 1.80 bits per heavy atom. The standard InChI is InChI=1S/C9H10O4.C5H10O2/c1-9(8(12)13)4-2-3-6(5-9)7(10)11;1-4(2)3-5(6)7/h2-4H,5H2,1H3,(H,10,11)(H,12,13);4H,3H2,1-2H3,(H,6,7). The third-order valence-electron chi connectivity index (χ3n) is 2.67. The molecule has 1 aliphatic carbocycles. The molecule has 0 saturated heterocycles. The fourth-order valence-electron chi connectivity index (χ4n) is 1.53. The Morgan fingerprint density at radius 3 is 2.10 bits per heavy atom. The number of allylic oxidation sites excluding steroid dienone is 2. The van der Waals surface area contributed by atoms with E-state index in [-0.39, 0.29) is 24.3 Å². The van der Waals surface area contributed by atoms with Gasteiger partial charge in [-0.25, -0.2) is 4.79 Å². The van der Waals surface area contributed by atoms with Gasteiger partial charge in [0, 0.05) is 12.0 Å². The fourth-order valence-corrected chi connectivity index (χ4v) is 1.53. The van der Waals surface area contributed by atoms with Crippen molar-refractivity contribution in [2.75, 3.05) is 0 Å². The Balaban J connectivity index is 0.000000441. The molecule has 3 N–H and O–H groups in total. The topological polar surface area (TPSA) is 112 Å². The predicted octanol–water partition coefficient (Wildman–Crippen LogP) is 2.17. The van der Waals surface area contributed by atoms with Crippen LogP contribution >= 0.6 is 0 Å². The van der Waals surface area contributed by atoms with Gasteiger partial charge in [-0.2, -0.15) is 0 Å². The summed E-state index contributed by atoms with van der Waals surface area (Å²) in [7, 11) is 0. The second kappa shape index (κ2) is 7.47. The number of carbonyl (C=O) groups is 3. The highest BCUT2D eigenvalue weighted by Crippen LogP contribution is 2.31. The van der Waals surface area contributed by atoms with Crippen LogP contribution in [0, 0.1) is 11.3 Å². The molecule has 112 valence electrons. The normalized spacial score (nSPS) is 20.7. The van der Waals surface area contributed by atoms with Crippen LogP contribution in [0.5, 0.6) is 0 Å². The SMILES string of the molecule is CC(C)CC(=O)O.CC1(C(=O)O)C=CC=C(C(=O)O)C1. The Labute approximate surface area is 117 Å². The molecule has 0 aromatic heterocycles. The van der Waals surface area contributed by atoms with Gasteiger partial charge in [-0.05, 0) is 19.3 Å². The van der Waals surface area contributed by atoms with Crippen molar-refractivity contribution in [2.24, 2.45) is 11.3 Å². The summed E-state index contributed by atoms with van der Waals surface area (Å²) in [4.78, 5) is 31.2. The molecule has 0 aromatic rings. The zero-order valence-electron chi connectivity index (χ0n) is 11.8. The average Bonchev–Trinajstić information content (AvgIpc) is 2.27. The molecule has 0 radical (unpaired) electrons. The lowest BCUT2D eigenvalue weighted by molar-refractivity contribution is -0.145. The van der Waals surface area contributed by atoms with Crippen LogP contribution in [0.3, 0.4) is 0 Å². The molecule has 6 nitrogen and oxygen atoms in total. The maximum atomic E-state index is 10.8. The second-order valence-electron chi connectivity index (χ2n) is 5.25. The third kappa shape index (κ3) is 6.17. The summed E-state index contributed by atoms with van der Waals surface area (Å²) >= 11 is 0. The summed E-state index contributed by atoms with van der Waals surface area (Å²) in [6.07, 6.45) is 4.71. The number of hydrogen-bond donors (Lipinski definition) is 3. The van der Waals surface area contributed by atoms with Gasteiger partial charge in [0.05, 0.1) is 5.41 Å². The number of rotatable bonds is 4. The van der Waals surface area contributed by atoms with E-state index in [1.165, 1.54) is 25.2 Å². The van der Waals surface area contributed by atoms with Gasteiger partial charge < -0.3 is 15.3 Å². The molecule has 0 spiro atoms. The first-order valence-corrected chi connectivity index (χ1v) is 6.15. The van der Waals surface area contributed by atoms with E-state index in [9.17, 15) is 14.4 Å². The molecule has 0 heterocycles. The molecule has 1 unspecified atom stereocenters. The Morgan fingerprint density at radius 1 is 1.25 bits per heavy atom. The first kappa shape index (κ1) is 17.9. The van der Waals surface area contributed by atoms with Crippen molar-refractivity contribution in [3.8, 4) is 0 Å². The molecule has 0 aliphatic heterocycles. The van der Waals surface area contributed by atoms with E-state index >= 15 is 0 Å². The van der Waals surface area contributed by atoms with Gasteiger partial charge in [0.25, 0.3) is 0 Å². The molecule has 0 fully saturated rings. The summed E-state index contributed by atoms with van der Waals surface area (Å²) in [6.45, 7) is 5.27. The molecular weight excluding hydrogens is 264 g/mol. The summed E-state index contributed by atoms with van der Waals surface area (Å²) in [5, 5.41) is 25.6. The average molecular weight is 284 g/mol.